The smallest absolute Gasteiger partial charge is 0.240 e. The lowest BCUT2D eigenvalue weighted by molar-refractivity contribution is 0.597. The summed E-state index contributed by atoms with van der Waals surface area (Å²) >= 11 is 1.45. The molecule has 14 heavy (non-hydrogen) atoms. The summed E-state index contributed by atoms with van der Waals surface area (Å²) in [5.41, 5.74) is 1.10. The van der Waals surface area contributed by atoms with Crippen molar-refractivity contribution in [3.8, 4) is 0 Å². The van der Waals surface area contributed by atoms with Crippen LogP contribution in [0.2, 0.25) is 0 Å². The summed E-state index contributed by atoms with van der Waals surface area (Å²) < 4.78 is 24.5. The minimum atomic E-state index is -3.28. The zero-order valence-corrected chi connectivity index (χ0v) is 9.10. The zero-order valence-electron chi connectivity index (χ0n) is 7.47. The maximum atomic E-state index is 11.6. The molecule has 76 valence electrons. The van der Waals surface area contributed by atoms with Crippen LogP contribution in [0.15, 0.2) is 16.5 Å². The van der Waals surface area contributed by atoms with Crippen molar-refractivity contribution in [1.29, 1.82) is 0 Å². The van der Waals surface area contributed by atoms with E-state index in [9.17, 15) is 8.42 Å². The average molecular weight is 231 g/mol. The summed E-state index contributed by atoms with van der Waals surface area (Å²) in [5, 5.41) is 5.34. The van der Waals surface area contributed by atoms with Gasteiger partial charge in [-0.15, -0.1) is 11.3 Å². The molecule has 0 amide bonds. The molecule has 2 heterocycles. The van der Waals surface area contributed by atoms with Crippen LogP contribution >= 0.6 is 11.3 Å². The van der Waals surface area contributed by atoms with E-state index in [0.29, 0.717) is 11.4 Å². The van der Waals surface area contributed by atoms with Gasteiger partial charge in [-0.1, -0.05) is 0 Å². The number of hydrazone groups is 1. The van der Waals surface area contributed by atoms with Gasteiger partial charge >= 0.3 is 0 Å². The fourth-order valence-corrected chi connectivity index (χ4v) is 3.63. The van der Waals surface area contributed by atoms with Crippen molar-refractivity contribution in [2.45, 2.75) is 0 Å². The maximum Gasteiger partial charge on any atom is 0.240 e. The topological polar surface area (TPSA) is 75.8 Å². The van der Waals surface area contributed by atoms with Crippen molar-refractivity contribution in [3.63, 3.8) is 0 Å². The molecule has 0 saturated carbocycles. The van der Waals surface area contributed by atoms with E-state index in [1.807, 2.05) is 5.38 Å². The Morgan fingerprint density at radius 1 is 1.64 bits per heavy atom. The summed E-state index contributed by atoms with van der Waals surface area (Å²) in [6, 6.07) is 1.75. The number of fused-ring (bicyclic) bond motifs is 1. The van der Waals surface area contributed by atoms with Gasteiger partial charge < -0.3 is 5.84 Å². The fraction of sp³-hybridized carbons (Fsp3) is 0.286. The maximum absolute atomic E-state index is 11.6. The van der Waals surface area contributed by atoms with Gasteiger partial charge in [0.05, 0.1) is 16.3 Å². The first-order valence-corrected chi connectivity index (χ1v) is 6.36. The van der Waals surface area contributed by atoms with Crippen LogP contribution in [0.3, 0.4) is 0 Å². The first-order valence-electron chi connectivity index (χ1n) is 3.87. The van der Waals surface area contributed by atoms with Crippen LogP contribution in [0.4, 0.5) is 5.69 Å². The molecule has 0 radical (unpaired) electrons. The largest absolute Gasteiger partial charge is 0.323 e. The number of hydrogen-bond donors (Lipinski definition) is 1. The van der Waals surface area contributed by atoms with E-state index in [-0.39, 0.29) is 5.75 Å². The summed E-state index contributed by atoms with van der Waals surface area (Å²) in [6.07, 6.45) is 0. The van der Waals surface area contributed by atoms with Gasteiger partial charge in [-0.25, -0.2) is 8.42 Å². The van der Waals surface area contributed by atoms with Crippen molar-refractivity contribution in [2.75, 3.05) is 17.1 Å². The number of hydrogen-bond acceptors (Lipinski definition) is 5. The van der Waals surface area contributed by atoms with Crippen molar-refractivity contribution in [3.05, 3.63) is 16.3 Å². The van der Waals surface area contributed by atoms with Gasteiger partial charge in [0.2, 0.25) is 10.0 Å². The lowest BCUT2D eigenvalue weighted by atomic mass is 10.3. The van der Waals surface area contributed by atoms with E-state index >= 15 is 0 Å². The lowest BCUT2D eigenvalue weighted by Crippen LogP contribution is -2.37. The quantitative estimate of drug-likeness (QED) is 0.511. The van der Waals surface area contributed by atoms with Crippen LogP contribution in [-0.4, -0.2) is 26.9 Å². The van der Waals surface area contributed by atoms with Crippen LogP contribution in [0.1, 0.15) is 4.88 Å². The Hall–Kier alpha value is -1.08. The third-order valence-corrected chi connectivity index (χ3v) is 4.76. The summed E-state index contributed by atoms with van der Waals surface area (Å²) in [7, 11) is -1.74. The Kier molecular flexibility index (Phi) is 2.00. The van der Waals surface area contributed by atoms with Gasteiger partial charge in [-0.2, -0.15) is 5.10 Å². The number of anilines is 1. The van der Waals surface area contributed by atoms with Gasteiger partial charge in [-0.3, -0.25) is 4.31 Å². The molecule has 0 bridgehead atoms. The SMILES string of the molecule is CN1c2ccsc2/C(=N\N)CS1(=O)=O. The Morgan fingerprint density at radius 2 is 2.36 bits per heavy atom. The Morgan fingerprint density at radius 3 is 3.00 bits per heavy atom. The number of nitrogens with zero attached hydrogens (tertiary/aromatic N) is 2. The van der Waals surface area contributed by atoms with Crippen LogP contribution in [0.25, 0.3) is 0 Å². The Bertz CT molecular complexity index is 489. The van der Waals surface area contributed by atoms with Crippen LogP contribution in [0, 0.1) is 0 Å². The summed E-state index contributed by atoms with van der Waals surface area (Å²) in [5.74, 6) is 5.04. The summed E-state index contributed by atoms with van der Waals surface area (Å²) in [6.45, 7) is 0. The highest BCUT2D eigenvalue weighted by Gasteiger charge is 2.31. The van der Waals surface area contributed by atoms with Gasteiger partial charge in [0.25, 0.3) is 0 Å². The van der Waals surface area contributed by atoms with E-state index in [2.05, 4.69) is 5.10 Å². The standard InChI is InChI=1S/C7H9N3O2S2/c1-10-6-2-3-13-7(6)5(9-8)4-14(10,11)12/h2-3H,4,8H2,1H3/b9-5-. The second-order valence-electron chi connectivity index (χ2n) is 2.93. The predicted molar refractivity (Wildman–Crippen MR) is 57.2 cm³/mol. The van der Waals surface area contributed by atoms with Crippen LogP contribution in [-0.2, 0) is 10.0 Å². The molecule has 0 unspecified atom stereocenters. The lowest BCUT2D eigenvalue weighted by Gasteiger charge is -2.24. The van der Waals surface area contributed by atoms with E-state index in [1.54, 1.807) is 6.07 Å². The van der Waals surface area contributed by atoms with Crippen molar-refractivity contribution in [2.24, 2.45) is 10.9 Å². The van der Waals surface area contributed by atoms with Crippen molar-refractivity contribution in [1.82, 2.24) is 0 Å². The molecule has 0 aromatic carbocycles. The van der Waals surface area contributed by atoms with Gasteiger partial charge in [0, 0.05) is 7.05 Å². The van der Waals surface area contributed by atoms with E-state index < -0.39 is 10.0 Å². The highest BCUT2D eigenvalue weighted by atomic mass is 32.2. The second-order valence-corrected chi connectivity index (χ2v) is 5.85. The molecule has 1 aromatic rings. The molecule has 7 heteroatoms. The monoisotopic (exact) mass is 231 g/mol. The Labute approximate surface area is 85.9 Å². The molecule has 1 aromatic heterocycles. The molecule has 0 aliphatic carbocycles. The number of sulfonamides is 1. The predicted octanol–water partition coefficient (Wildman–Crippen LogP) is 0.191. The third-order valence-electron chi connectivity index (χ3n) is 2.14. The molecule has 0 fully saturated rings. The zero-order chi connectivity index (χ0) is 10.3. The van der Waals surface area contributed by atoms with Crippen LogP contribution in [0.5, 0.6) is 0 Å². The first-order chi connectivity index (χ1) is 6.56. The normalized spacial score (nSPS) is 22.4. The van der Waals surface area contributed by atoms with Crippen molar-refractivity contribution >= 4 is 32.8 Å². The highest BCUT2D eigenvalue weighted by Crippen LogP contribution is 2.32. The van der Waals surface area contributed by atoms with Crippen molar-refractivity contribution < 1.29 is 8.42 Å². The van der Waals surface area contributed by atoms with Gasteiger partial charge in [-0.05, 0) is 11.4 Å². The Balaban J connectivity index is 2.67. The van der Waals surface area contributed by atoms with E-state index in [1.165, 1.54) is 22.7 Å². The third kappa shape index (κ3) is 1.20. The first kappa shape index (κ1) is 9.47. The number of nitrogens with two attached hydrogens (primary N) is 1. The van der Waals surface area contributed by atoms with E-state index in [4.69, 9.17) is 5.84 Å². The molecule has 2 N–H and O–H groups in total. The van der Waals surface area contributed by atoms with E-state index in [0.717, 1.165) is 4.88 Å². The highest BCUT2D eigenvalue weighted by molar-refractivity contribution is 7.93. The minimum absolute atomic E-state index is 0.118. The molecule has 5 nitrogen and oxygen atoms in total. The summed E-state index contributed by atoms with van der Waals surface area (Å²) in [4.78, 5) is 0.838. The van der Waals surface area contributed by atoms with Gasteiger partial charge in [0.15, 0.2) is 0 Å². The van der Waals surface area contributed by atoms with Gasteiger partial charge in [0.1, 0.15) is 5.75 Å². The molecule has 0 spiro atoms. The van der Waals surface area contributed by atoms with Crippen LogP contribution < -0.4 is 10.1 Å². The average Bonchev–Trinajstić information content (AvgIpc) is 2.60. The number of thiophene rings is 1. The molecule has 1 aliphatic rings. The molecule has 0 atom stereocenters. The molecular formula is C7H9N3O2S2. The fourth-order valence-electron chi connectivity index (χ4n) is 1.35. The minimum Gasteiger partial charge on any atom is -0.323 e. The molecule has 2 rings (SSSR count). The molecular weight excluding hydrogens is 222 g/mol. The molecule has 1 aliphatic heterocycles. The molecule has 0 saturated heterocycles. The second kappa shape index (κ2) is 2.96. The number of rotatable bonds is 0.